The molecule has 0 bridgehead atoms. The van der Waals surface area contributed by atoms with E-state index in [1.165, 1.54) is 45.3 Å². The topological polar surface area (TPSA) is 139 Å². The van der Waals surface area contributed by atoms with E-state index < -0.39 is 18.0 Å². The van der Waals surface area contributed by atoms with Crippen LogP contribution in [0.25, 0.3) is 0 Å². The third-order valence-electron chi connectivity index (χ3n) is 5.74. The predicted molar refractivity (Wildman–Crippen MR) is 149 cm³/mol. The van der Waals surface area contributed by atoms with Crippen LogP contribution in [-0.2, 0) is 20.9 Å². The molecule has 2 aliphatic heterocycles. The molecule has 1 amide bonds. The van der Waals surface area contributed by atoms with Crippen molar-refractivity contribution in [3.63, 3.8) is 0 Å². The van der Waals surface area contributed by atoms with Gasteiger partial charge in [0.05, 0.1) is 17.4 Å². The minimum Gasteiger partial charge on any atom is -0.543 e. The Bertz CT molecular complexity index is 1390. The van der Waals surface area contributed by atoms with E-state index >= 15 is 0 Å². The van der Waals surface area contributed by atoms with Gasteiger partial charge >= 0.3 is 5.97 Å². The van der Waals surface area contributed by atoms with Gasteiger partial charge in [-0.2, -0.15) is 0 Å². The summed E-state index contributed by atoms with van der Waals surface area (Å²) in [4.78, 5) is 37.1. The fraction of sp³-hybridized carbons (Fsp3) is 0.250. The minimum absolute atomic E-state index is 0. The van der Waals surface area contributed by atoms with Crippen molar-refractivity contribution in [2.24, 2.45) is 0 Å². The van der Waals surface area contributed by atoms with Crippen molar-refractivity contribution in [1.82, 2.24) is 15.1 Å². The van der Waals surface area contributed by atoms with Gasteiger partial charge in [0.2, 0.25) is 0 Å². The van der Waals surface area contributed by atoms with Crippen molar-refractivity contribution in [2.75, 3.05) is 22.6 Å². The molecule has 0 aliphatic carbocycles. The number of aliphatic carboxylic acids is 2. The summed E-state index contributed by atoms with van der Waals surface area (Å²) < 4.78 is 3.16. The molecule has 1 radical (unpaired) electrons. The first-order valence-corrected chi connectivity index (χ1v) is 15.2. The van der Waals surface area contributed by atoms with Crippen LogP contribution in [0.1, 0.15) is 5.56 Å². The Balaban J connectivity index is 0.00000353. The van der Waals surface area contributed by atoms with E-state index in [1.807, 2.05) is 47.3 Å². The molecule has 197 valence electrons. The second kappa shape index (κ2) is 13.5. The van der Waals surface area contributed by atoms with E-state index in [-0.39, 0.29) is 52.3 Å². The molecule has 2 aromatic heterocycles. The number of carboxylic acids is 2. The van der Waals surface area contributed by atoms with Gasteiger partial charge < -0.3 is 20.3 Å². The monoisotopic (exact) mass is 610 g/mol. The average Bonchev–Trinajstić information content (AvgIpc) is 3.38. The Morgan fingerprint density at radius 3 is 2.49 bits per heavy atom. The number of nitrogens with one attached hydrogen (secondary N) is 1. The number of anilines is 1. The number of pyridine rings is 1. The first-order valence-electron chi connectivity index (χ1n) is 11.4. The van der Waals surface area contributed by atoms with E-state index in [0.29, 0.717) is 25.8 Å². The summed E-state index contributed by atoms with van der Waals surface area (Å²) in [5, 5.41) is 31.7. The van der Waals surface area contributed by atoms with E-state index in [9.17, 15) is 19.5 Å². The van der Waals surface area contributed by atoms with Crippen molar-refractivity contribution >= 4 is 99.7 Å². The smallest absolute Gasteiger partial charge is 0.313 e. The molecule has 39 heavy (non-hydrogen) atoms. The Morgan fingerprint density at radius 1 is 1.13 bits per heavy atom. The Morgan fingerprint density at radius 2 is 1.82 bits per heavy atom. The number of hydrogen-bond acceptors (Lipinski definition) is 11. The average molecular weight is 611 g/mol. The van der Waals surface area contributed by atoms with Gasteiger partial charge in [-0.25, -0.2) is 4.57 Å². The summed E-state index contributed by atoms with van der Waals surface area (Å²) >= 11 is 5.13. The second-order valence-corrected chi connectivity index (χ2v) is 12.8. The van der Waals surface area contributed by atoms with Gasteiger partial charge in [0.25, 0.3) is 5.91 Å². The number of fused-ring (bicyclic) bond motifs is 1. The summed E-state index contributed by atoms with van der Waals surface area (Å²) in [5.41, 5.74) is 2.46. The molecule has 1 fully saturated rings. The Hall–Kier alpha value is -2.07. The molecule has 15 heteroatoms. The maximum absolute atomic E-state index is 13.0. The molecule has 2 N–H and O–H groups in total. The van der Waals surface area contributed by atoms with Gasteiger partial charge in [0.15, 0.2) is 27.6 Å². The normalized spacial score (nSPS) is 18.2. The molecular formula is C24H21N5NaO5S4. The molecule has 2 atom stereocenters. The quantitative estimate of drug-likeness (QED) is 0.140. The van der Waals surface area contributed by atoms with Gasteiger partial charge in [-0.1, -0.05) is 65.2 Å². The third kappa shape index (κ3) is 7.17. The van der Waals surface area contributed by atoms with Gasteiger partial charge in [0.1, 0.15) is 11.4 Å². The van der Waals surface area contributed by atoms with Crippen LogP contribution < -0.4 is 15.0 Å². The van der Waals surface area contributed by atoms with Gasteiger partial charge in [-0.3, -0.25) is 14.5 Å². The van der Waals surface area contributed by atoms with Gasteiger partial charge in [-0.15, -0.1) is 22.0 Å². The summed E-state index contributed by atoms with van der Waals surface area (Å²) in [5.74, 6) is -2.00. The first kappa shape index (κ1) is 29.9. The Kier molecular flexibility index (Phi) is 10.4. The third-order valence-corrected chi connectivity index (χ3v) is 10.3. The molecule has 4 heterocycles. The molecule has 1 aromatic carbocycles. The standard InChI is InChI=1S/C24H21N5O5S4.Na/c30-17(31)13-37-24-27-26-23(38-24)36-12-15-11-35-21-18(20(32)29(21)19(15)22(33)34)25-16-6-8-28(9-7-16)10-14-4-2-1-3-5-14;/h1-9,18,21H,10-13H2,(H2,30,31,33,34);/t18-,21-;/m1./s1. The van der Waals surface area contributed by atoms with Crippen molar-refractivity contribution in [1.29, 1.82) is 0 Å². The number of carboxylic acid groups (broad SMARTS) is 2. The largest absolute Gasteiger partial charge is 0.543 e. The molecule has 3 aromatic rings. The van der Waals surface area contributed by atoms with Gasteiger partial charge in [-0.05, 0) is 5.57 Å². The van der Waals surface area contributed by atoms with Crippen LogP contribution in [0.4, 0.5) is 5.69 Å². The Labute approximate surface area is 263 Å². The second-order valence-electron chi connectivity index (χ2n) is 8.32. The van der Waals surface area contributed by atoms with Gasteiger partial charge in [0, 0.05) is 64.4 Å². The van der Waals surface area contributed by atoms with Crippen LogP contribution in [0.2, 0.25) is 0 Å². The molecule has 0 unspecified atom stereocenters. The fourth-order valence-corrected chi connectivity index (χ4v) is 8.23. The molecular weight excluding hydrogens is 590 g/mol. The van der Waals surface area contributed by atoms with Crippen molar-refractivity contribution < 1.29 is 29.2 Å². The summed E-state index contributed by atoms with van der Waals surface area (Å²) in [6.07, 6.45) is 3.87. The number of aromatic nitrogens is 3. The van der Waals surface area contributed by atoms with Crippen molar-refractivity contribution in [3.8, 4) is 0 Å². The number of carbonyl (C=O) groups excluding carboxylic acids is 2. The number of β-lactam (4-membered cyclic amide) rings is 1. The molecule has 5 rings (SSSR count). The summed E-state index contributed by atoms with van der Waals surface area (Å²) in [6, 6.07) is 13.3. The summed E-state index contributed by atoms with van der Waals surface area (Å²) in [7, 11) is 0. The van der Waals surface area contributed by atoms with Crippen LogP contribution in [0.3, 0.4) is 0 Å². The maximum Gasteiger partial charge on any atom is 0.313 e. The SMILES string of the molecule is O=C(O)CSc1nnc(SCC2=C(C(=O)[O-])N3C(=O)[C@@H](Nc4cc[n+](Cc5ccccc5)cc4)[C@H]3SC2)s1.[Na]. The number of carbonyl (C=O) groups is 3. The number of rotatable bonds is 11. The number of hydrogen-bond donors (Lipinski definition) is 2. The predicted octanol–water partition coefficient (Wildman–Crippen LogP) is 1.16. The number of amides is 1. The van der Waals surface area contributed by atoms with E-state index in [4.69, 9.17) is 5.11 Å². The number of benzene rings is 1. The van der Waals surface area contributed by atoms with Crippen LogP contribution in [0.5, 0.6) is 0 Å². The zero-order valence-corrected chi connectivity index (χ0v) is 25.9. The van der Waals surface area contributed by atoms with E-state index in [0.717, 1.165) is 24.0 Å². The fourth-order valence-electron chi connectivity index (χ4n) is 4.00. The molecule has 0 saturated carbocycles. The summed E-state index contributed by atoms with van der Waals surface area (Å²) in [6.45, 7) is 0.732. The molecule has 10 nitrogen and oxygen atoms in total. The zero-order valence-electron chi connectivity index (χ0n) is 20.7. The van der Waals surface area contributed by atoms with E-state index in [2.05, 4.69) is 27.6 Å². The molecule has 2 aliphatic rings. The van der Waals surface area contributed by atoms with Crippen LogP contribution in [-0.4, -0.2) is 96.3 Å². The molecule has 1 saturated heterocycles. The van der Waals surface area contributed by atoms with Crippen molar-refractivity contribution in [3.05, 3.63) is 71.7 Å². The zero-order chi connectivity index (χ0) is 26.6. The minimum atomic E-state index is -1.38. The van der Waals surface area contributed by atoms with Crippen LogP contribution >= 0.6 is 46.6 Å². The maximum atomic E-state index is 13.0. The van der Waals surface area contributed by atoms with Crippen LogP contribution in [0.15, 0.2) is 74.8 Å². The van der Waals surface area contributed by atoms with Crippen molar-refractivity contribution in [2.45, 2.75) is 26.6 Å². The first-order chi connectivity index (χ1) is 18.4. The number of thioether (sulfide) groups is 3. The van der Waals surface area contributed by atoms with Crippen LogP contribution in [0, 0.1) is 0 Å². The molecule has 0 spiro atoms. The number of nitrogens with zero attached hydrogens (tertiary/aromatic N) is 4. The van der Waals surface area contributed by atoms with E-state index in [1.54, 1.807) is 0 Å².